The van der Waals surface area contributed by atoms with Crippen molar-refractivity contribution in [3.05, 3.63) is 78.1 Å². The number of alkyl carbamates (subject to hydrolysis) is 1. The zero-order valence-corrected chi connectivity index (χ0v) is 19.0. The first-order valence-corrected chi connectivity index (χ1v) is 10.6. The van der Waals surface area contributed by atoms with Crippen molar-refractivity contribution in [2.45, 2.75) is 38.8 Å². The predicted octanol–water partition coefficient (Wildman–Crippen LogP) is 3.93. The van der Waals surface area contributed by atoms with Crippen molar-refractivity contribution in [3.63, 3.8) is 0 Å². The summed E-state index contributed by atoms with van der Waals surface area (Å²) in [7, 11) is 0. The summed E-state index contributed by atoms with van der Waals surface area (Å²) in [4.78, 5) is 29.3. The van der Waals surface area contributed by atoms with Crippen LogP contribution in [0.5, 0.6) is 0 Å². The summed E-state index contributed by atoms with van der Waals surface area (Å²) in [5.41, 5.74) is 6.19. The zero-order valence-electron chi connectivity index (χ0n) is 18.2. The Morgan fingerprint density at radius 3 is 2.50 bits per heavy atom. The summed E-state index contributed by atoms with van der Waals surface area (Å²) >= 11 is 5.48. The highest BCUT2D eigenvalue weighted by atomic mass is 32.1. The number of rotatable bonds is 5. The molecule has 1 heterocycles. The third-order valence-electron chi connectivity index (χ3n) is 4.49. The Kier molecular flexibility index (Phi) is 7.37. The van der Waals surface area contributed by atoms with Crippen LogP contribution in [0.25, 0.3) is 10.8 Å². The Bertz CT molecular complexity index is 1110. The second-order valence-electron chi connectivity index (χ2n) is 8.27. The van der Waals surface area contributed by atoms with E-state index >= 15 is 0 Å². The number of ether oxygens (including phenoxy) is 1. The second kappa shape index (κ2) is 10.2. The highest BCUT2D eigenvalue weighted by molar-refractivity contribution is 7.80. The molecule has 3 rings (SSSR count). The van der Waals surface area contributed by atoms with Gasteiger partial charge in [-0.15, -0.1) is 0 Å². The molecule has 0 radical (unpaired) electrons. The van der Waals surface area contributed by atoms with Gasteiger partial charge in [0.2, 0.25) is 0 Å². The lowest BCUT2D eigenvalue weighted by atomic mass is 10.1. The van der Waals surface area contributed by atoms with Crippen LogP contribution >= 0.6 is 12.2 Å². The van der Waals surface area contributed by atoms with Crippen LogP contribution in [0.4, 0.5) is 4.79 Å². The van der Waals surface area contributed by atoms with E-state index in [4.69, 9.17) is 17.0 Å². The van der Waals surface area contributed by atoms with Crippen LogP contribution in [-0.2, 0) is 11.2 Å². The highest BCUT2D eigenvalue weighted by Crippen LogP contribution is 2.14. The Hall–Kier alpha value is -3.52. The monoisotopic (exact) mass is 450 g/mol. The largest absolute Gasteiger partial charge is 0.444 e. The number of aromatic nitrogens is 1. The minimum absolute atomic E-state index is 0.262. The normalized spacial score (nSPS) is 12.0. The average molecular weight is 451 g/mol. The summed E-state index contributed by atoms with van der Waals surface area (Å²) in [6, 6.07) is 16.2. The molecule has 0 saturated heterocycles. The molecule has 3 aromatic rings. The quantitative estimate of drug-likeness (QED) is 0.403. The lowest BCUT2D eigenvalue weighted by Gasteiger charge is -2.24. The molecule has 0 bridgehead atoms. The molecule has 2 aromatic carbocycles. The average Bonchev–Trinajstić information content (AvgIpc) is 2.76. The summed E-state index contributed by atoms with van der Waals surface area (Å²) in [5, 5.41) is 4.63. The summed E-state index contributed by atoms with van der Waals surface area (Å²) in [6.07, 6.45) is 3.26. The third kappa shape index (κ3) is 6.75. The van der Waals surface area contributed by atoms with Gasteiger partial charge >= 0.3 is 6.09 Å². The summed E-state index contributed by atoms with van der Waals surface area (Å²) in [6.45, 7) is 5.36. The van der Waals surface area contributed by atoms with Gasteiger partial charge in [-0.05, 0) is 56.3 Å². The summed E-state index contributed by atoms with van der Waals surface area (Å²) < 4.78 is 5.36. The molecule has 0 saturated carbocycles. The van der Waals surface area contributed by atoms with Crippen LogP contribution in [0.15, 0.2) is 67.0 Å². The van der Waals surface area contributed by atoms with Gasteiger partial charge in [-0.25, -0.2) is 4.79 Å². The van der Waals surface area contributed by atoms with Gasteiger partial charge in [-0.2, -0.15) is 0 Å². The van der Waals surface area contributed by atoms with Gasteiger partial charge in [-0.3, -0.25) is 20.6 Å². The van der Waals surface area contributed by atoms with E-state index in [1.54, 1.807) is 45.3 Å². The molecule has 3 N–H and O–H groups in total. The van der Waals surface area contributed by atoms with Crippen LogP contribution in [0, 0.1) is 0 Å². The van der Waals surface area contributed by atoms with Gasteiger partial charge in [0.15, 0.2) is 0 Å². The molecule has 32 heavy (non-hydrogen) atoms. The number of hydrogen-bond donors (Lipinski definition) is 3. The zero-order chi connectivity index (χ0) is 23.1. The van der Waals surface area contributed by atoms with Crippen molar-refractivity contribution in [3.8, 4) is 0 Å². The summed E-state index contributed by atoms with van der Waals surface area (Å²) in [5.74, 6) is -0.346. The molecule has 0 fully saturated rings. The van der Waals surface area contributed by atoms with E-state index in [0.717, 1.165) is 16.3 Å². The molecule has 1 aromatic heterocycles. The lowest BCUT2D eigenvalue weighted by Crippen LogP contribution is -2.53. The van der Waals surface area contributed by atoms with Crippen molar-refractivity contribution in [2.75, 3.05) is 0 Å². The molecule has 0 aliphatic carbocycles. The number of carbonyl (C=O) groups is 2. The molecule has 0 spiro atoms. The van der Waals surface area contributed by atoms with Crippen LogP contribution in [0.1, 0.15) is 36.7 Å². The van der Waals surface area contributed by atoms with Gasteiger partial charge in [0, 0.05) is 23.3 Å². The van der Waals surface area contributed by atoms with Crippen molar-refractivity contribution >= 4 is 40.0 Å². The topological polar surface area (TPSA) is 92.4 Å². The van der Waals surface area contributed by atoms with Gasteiger partial charge < -0.3 is 10.1 Å². The van der Waals surface area contributed by atoms with Crippen molar-refractivity contribution in [1.82, 2.24) is 21.2 Å². The highest BCUT2D eigenvalue weighted by Gasteiger charge is 2.23. The number of carbonyl (C=O) groups excluding carboxylic acids is 2. The van der Waals surface area contributed by atoms with Gasteiger partial charge in [0.05, 0.1) is 6.04 Å². The van der Waals surface area contributed by atoms with Crippen molar-refractivity contribution in [1.29, 1.82) is 0 Å². The Balaban J connectivity index is 1.67. The smallest absolute Gasteiger partial charge is 0.408 e. The number of nitrogens with one attached hydrogen (secondary N) is 3. The molecular weight excluding hydrogens is 424 g/mol. The van der Waals surface area contributed by atoms with Gasteiger partial charge in [0.1, 0.15) is 10.6 Å². The number of hydrazine groups is 1. The van der Waals surface area contributed by atoms with Crippen LogP contribution in [0.2, 0.25) is 0 Å². The lowest BCUT2D eigenvalue weighted by molar-refractivity contribution is 0.0518. The minimum atomic E-state index is -0.643. The molecule has 0 aliphatic rings. The fourth-order valence-electron chi connectivity index (χ4n) is 3.01. The van der Waals surface area contributed by atoms with E-state index in [0.29, 0.717) is 12.0 Å². The first-order valence-electron chi connectivity index (χ1n) is 10.2. The number of thiocarbonyl (C=S) groups is 1. The first kappa shape index (κ1) is 23.1. The third-order valence-corrected chi connectivity index (χ3v) is 4.88. The molecule has 7 nitrogen and oxygen atoms in total. The minimum Gasteiger partial charge on any atom is -0.444 e. The van der Waals surface area contributed by atoms with E-state index < -0.39 is 17.7 Å². The van der Waals surface area contributed by atoms with Crippen molar-refractivity contribution < 1.29 is 14.3 Å². The number of amides is 2. The standard InChI is InChI=1S/C24H26N4O3S/c1-24(2,3)31-23(30)26-20(13-16-7-5-4-6-8-16)22(32)28-27-21(29)18-9-10-19-15-25-12-11-17(19)14-18/h4-12,14-15,20H,13H2,1-3H3,(H,26,30)(H,27,29)(H,28,32). The molecule has 0 aliphatic heterocycles. The van der Waals surface area contributed by atoms with E-state index in [1.165, 1.54) is 0 Å². The number of fused-ring (bicyclic) bond motifs is 1. The molecule has 2 amide bonds. The number of nitrogens with zero attached hydrogens (tertiary/aromatic N) is 1. The second-order valence-corrected chi connectivity index (χ2v) is 8.71. The van der Waals surface area contributed by atoms with Gasteiger partial charge in [0.25, 0.3) is 5.91 Å². The Morgan fingerprint density at radius 1 is 1.03 bits per heavy atom. The Labute approximate surface area is 192 Å². The van der Waals surface area contributed by atoms with E-state index in [9.17, 15) is 9.59 Å². The molecule has 1 unspecified atom stereocenters. The fraction of sp³-hybridized carbons (Fsp3) is 0.250. The first-order chi connectivity index (χ1) is 15.2. The number of hydrogen-bond acceptors (Lipinski definition) is 5. The van der Waals surface area contributed by atoms with Crippen LogP contribution in [0.3, 0.4) is 0 Å². The molecule has 1 atom stereocenters. The molecule has 8 heteroatoms. The number of pyridine rings is 1. The van der Waals surface area contributed by atoms with Crippen LogP contribution in [-0.4, -0.2) is 33.6 Å². The maximum atomic E-state index is 12.6. The van der Waals surface area contributed by atoms with E-state index in [2.05, 4.69) is 21.2 Å². The van der Waals surface area contributed by atoms with E-state index in [-0.39, 0.29) is 10.9 Å². The van der Waals surface area contributed by atoms with Crippen LogP contribution < -0.4 is 16.2 Å². The maximum absolute atomic E-state index is 12.6. The predicted molar refractivity (Wildman–Crippen MR) is 128 cm³/mol. The fourth-order valence-corrected chi connectivity index (χ4v) is 3.20. The maximum Gasteiger partial charge on any atom is 0.408 e. The van der Waals surface area contributed by atoms with E-state index in [1.807, 2.05) is 42.5 Å². The molecular formula is C24H26N4O3S. The molecule has 166 valence electrons. The van der Waals surface area contributed by atoms with Gasteiger partial charge in [-0.1, -0.05) is 48.6 Å². The number of benzene rings is 2. The SMILES string of the molecule is CC(C)(C)OC(=O)NC(Cc1ccccc1)C(=S)NNC(=O)c1ccc2cnccc2c1. The van der Waals surface area contributed by atoms with Crippen molar-refractivity contribution in [2.24, 2.45) is 0 Å². The Morgan fingerprint density at radius 2 is 1.78 bits per heavy atom.